The van der Waals surface area contributed by atoms with Crippen molar-refractivity contribution in [1.82, 2.24) is 0 Å². The predicted octanol–water partition coefficient (Wildman–Crippen LogP) is 3.58. The molecule has 0 radical (unpaired) electrons. The van der Waals surface area contributed by atoms with Gasteiger partial charge < -0.3 is 10.6 Å². The molecule has 0 fully saturated rings. The third kappa shape index (κ3) is 4.18. The highest BCUT2D eigenvalue weighted by molar-refractivity contribution is 5.96. The molecule has 1 aliphatic rings. The van der Waals surface area contributed by atoms with Gasteiger partial charge in [0.05, 0.1) is 11.4 Å². The fraction of sp³-hybridized carbons (Fsp3) is 0.412. The molecule has 112 valence electrons. The van der Waals surface area contributed by atoms with Gasteiger partial charge in [-0.05, 0) is 24.5 Å². The number of benzene rings is 1. The van der Waals surface area contributed by atoms with Crippen LogP contribution in [0.4, 0.5) is 11.4 Å². The van der Waals surface area contributed by atoms with Crippen LogP contribution in [0.3, 0.4) is 0 Å². The lowest BCUT2D eigenvalue weighted by Gasteiger charge is -2.21. The van der Waals surface area contributed by atoms with E-state index in [1.165, 1.54) is 0 Å². The van der Waals surface area contributed by atoms with Crippen LogP contribution in [-0.4, -0.2) is 11.7 Å². The summed E-state index contributed by atoms with van der Waals surface area (Å²) in [7, 11) is 0. The molecular weight excluding hydrogens is 264 g/mol. The van der Waals surface area contributed by atoms with Crippen LogP contribution in [0.1, 0.15) is 33.6 Å². The van der Waals surface area contributed by atoms with Crippen molar-refractivity contribution < 1.29 is 9.59 Å². The zero-order chi connectivity index (χ0) is 15.4. The zero-order valence-corrected chi connectivity index (χ0v) is 12.8. The first-order chi connectivity index (χ1) is 9.95. The number of hydrogen-bond acceptors (Lipinski definition) is 3. The average Bonchev–Trinajstić information content (AvgIpc) is 2.39. The molecule has 0 saturated heterocycles. The molecule has 1 aromatic rings. The van der Waals surface area contributed by atoms with E-state index < -0.39 is 0 Å². The summed E-state index contributed by atoms with van der Waals surface area (Å²) in [6, 6.07) is 7.55. The summed E-state index contributed by atoms with van der Waals surface area (Å²) >= 11 is 0. The highest BCUT2D eigenvalue weighted by Crippen LogP contribution is 2.27. The van der Waals surface area contributed by atoms with Crippen molar-refractivity contribution in [3.05, 3.63) is 36.0 Å². The van der Waals surface area contributed by atoms with Crippen molar-refractivity contribution in [3.8, 4) is 0 Å². The fourth-order valence-electron chi connectivity index (χ4n) is 2.34. The van der Waals surface area contributed by atoms with Gasteiger partial charge in [0.15, 0.2) is 5.78 Å². The van der Waals surface area contributed by atoms with Crippen LogP contribution in [0.2, 0.25) is 0 Å². The van der Waals surface area contributed by atoms with Crippen LogP contribution in [-0.2, 0) is 9.59 Å². The van der Waals surface area contributed by atoms with Crippen LogP contribution < -0.4 is 10.6 Å². The second-order valence-corrected chi connectivity index (χ2v) is 5.96. The third-order valence-corrected chi connectivity index (χ3v) is 3.46. The first kappa shape index (κ1) is 15.3. The molecule has 1 aliphatic carbocycles. The summed E-state index contributed by atoms with van der Waals surface area (Å²) in [6.07, 6.45) is 3.12. The maximum Gasteiger partial charge on any atom is 0.226 e. The van der Waals surface area contributed by atoms with Gasteiger partial charge in [0.2, 0.25) is 5.91 Å². The summed E-state index contributed by atoms with van der Waals surface area (Å²) in [4.78, 5) is 23.5. The minimum Gasteiger partial charge on any atom is -0.357 e. The molecule has 21 heavy (non-hydrogen) atoms. The van der Waals surface area contributed by atoms with Crippen LogP contribution in [0.15, 0.2) is 36.0 Å². The van der Waals surface area contributed by atoms with Gasteiger partial charge in [-0.1, -0.05) is 32.9 Å². The number of anilines is 2. The smallest absolute Gasteiger partial charge is 0.226 e. The maximum atomic E-state index is 11.9. The van der Waals surface area contributed by atoms with Crippen molar-refractivity contribution in [1.29, 1.82) is 0 Å². The Morgan fingerprint density at radius 2 is 1.86 bits per heavy atom. The van der Waals surface area contributed by atoms with Gasteiger partial charge >= 0.3 is 0 Å². The van der Waals surface area contributed by atoms with Crippen molar-refractivity contribution >= 4 is 23.1 Å². The Hall–Kier alpha value is -2.10. The van der Waals surface area contributed by atoms with Crippen LogP contribution in [0.5, 0.6) is 0 Å². The first-order valence-electron chi connectivity index (χ1n) is 7.36. The van der Waals surface area contributed by atoms with Gasteiger partial charge in [-0.15, -0.1) is 0 Å². The molecule has 1 aromatic carbocycles. The average molecular weight is 286 g/mol. The summed E-state index contributed by atoms with van der Waals surface area (Å²) in [6.45, 7) is 5.78. The molecule has 0 unspecified atom stereocenters. The van der Waals surface area contributed by atoms with E-state index in [1.807, 2.05) is 38.1 Å². The Kier molecular flexibility index (Phi) is 4.78. The molecule has 4 heteroatoms. The first-order valence-corrected chi connectivity index (χ1v) is 7.36. The van der Waals surface area contributed by atoms with E-state index in [2.05, 4.69) is 17.6 Å². The van der Waals surface area contributed by atoms with Gasteiger partial charge in [0.25, 0.3) is 0 Å². The van der Waals surface area contributed by atoms with Gasteiger partial charge in [-0.3, -0.25) is 9.59 Å². The topological polar surface area (TPSA) is 58.2 Å². The molecule has 2 N–H and O–H groups in total. The Labute approximate surface area is 125 Å². The quantitative estimate of drug-likeness (QED) is 0.889. The molecule has 0 aromatic heterocycles. The van der Waals surface area contributed by atoms with E-state index in [0.717, 1.165) is 23.5 Å². The van der Waals surface area contributed by atoms with E-state index in [1.54, 1.807) is 6.08 Å². The molecule has 1 amide bonds. The number of carbonyl (C=O) groups is 2. The van der Waals surface area contributed by atoms with E-state index in [0.29, 0.717) is 12.3 Å². The number of hydrogen-bond donors (Lipinski definition) is 2. The number of allylic oxidation sites excluding steroid dienone is 2. The molecule has 0 aliphatic heterocycles. The standard InChI is InChI=1S/C17H22N2O2/c1-11(2)17(21)19-16-7-5-4-6-15(16)18-13-8-12(3)9-14(20)10-13/h4-7,10-12,18H,8-9H2,1-3H3,(H,19,21)/t12-/m1/s1. The molecular formula is C17H22N2O2. The summed E-state index contributed by atoms with van der Waals surface area (Å²) in [5.41, 5.74) is 2.47. The van der Waals surface area contributed by atoms with E-state index in [4.69, 9.17) is 0 Å². The van der Waals surface area contributed by atoms with Crippen LogP contribution in [0, 0.1) is 11.8 Å². The molecule has 4 nitrogen and oxygen atoms in total. The summed E-state index contributed by atoms with van der Waals surface area (Å²) < 4.78 is 0. The van der Waals surface area contributed by atoms with Gasteiger partial charge in [-0.25, -0.2) is 0 Å². The van der Waals surface area contributed by atoms with E-state index >= 15 is 0 Å². The Balaban J connectivity index is 2.17. The van der Waals surface area contributed by atoms with E-state index in [9.17, 15) is 9.59 Å². The minimum absolute atomic E-state index is 0.0219. The Morgan fingerprint density at radius 3 is 2.48 bits per heavy atom. The number of carbonyl (C=O) groups excluding carboxylic acids is 2. The molecule has 0 bridgehead atoms. The molecule has 1 atom stereocenters. The zero-order valence-electron chi connectivity index (χ0n) is 12.8. The van der Waals surface area contributed by atoms with Crippen molar-refractivity contribution in [2.75, 3.05) is 10.6 Å². The summed E-state index contributed by atoms with van der Waals surface area (Å²) in [5, 5.41) is 6.19. The largest absolute Gasteiger partial charge is 0.357 e. The lowest BCUT2D eigenvalue weighted by molar-refractivity contribution is -0.119. The minimum atomic E-state index is -0.0754. The van der Waals surface area contributed by atoms with Gasteiger partial charge in [0.1, 0.15) is 0 Å². The third-order valence-electron chi connectivity index (χ3n) is 3.46. The maximum absolute atomic E-state index is 11.9. The SMILES string of the molecule is CC(C)C(=O)Nc1ccccc1NC1=CC(=O)C[C@H](C)C1. The van der Waals surface area contributed by atoms with Crippen LogP contribution >= 0.6 is 0 Å². The Bertz CT molecular complexity index is 576. The van der Waals surface area contributed by atoms with Crippen molar-refractivity contribution in [2.45, 2.75) is 33.6 Å². The number of amides is 1. The molecule has 0 saturated carbocycles. The number of nitrogens with one attached hydrogen (secondary N) is 2. The lowest BCUT2D eigenvalue weighted by Crippen LogP contribution is -2.20. The van der Waals surface area contributed by atoms with Crippen molar-refractivity contribution in [3.63, 3.8) is 0 Å². The normalized spacial score (nSPS) is 18.4. The van der Waals surface area contributed by atoms with E-state index in [-0.39, 0.29) is 17.6 Å². The van der Waals surface area contributed by atoms with Crippen molar-refractivity contribution in [2.24, 2.45) is 11.8 Å². The lowest BCUT2D eigenvalue weighted by atomic mass is 9.93. The monoisotopic (exact) mass is 286 g/mol. The van der Waals surface area contributed by atoms with Crippen LogP contribution in [0.25, 0.3) is 0 Å². The number of rotatable bonds is 4. The highest BCUT2D eigenvalue weighted by atomic mass is 16.1. The second-order valence-electron chi connectivity index (χ2n) is 5.96. The fourth-order valence-corrected chi connectivity index (χ4v) is 2.34. The molecule has 0 heterocycles. The molecule has 0 spiro atoms. The van der Waals surface area contributed by atoms with Gasteiger partial charge in [0, 0.05) is 24.1 Å². The summed E-state index contributed by atoms with van der Waals surface area (Å²) in [5.74, 6) is 0.405. The second kappa shape index (κ2) is 6.57. The number of para-hydroxylation sites is 2. The highest BCUT2D eigenvalue weighted by Gasteiger charge is 2.18. The Morgan fingerprint density at radius 1 is 1.19 bits per heavy atom. The molecule has 2 rings (SSSR count). The number of ketones is 1. The predicted molar refractivity (Wildman–Crippen MR) is 85.0 cm³/mol. The van der Waals surface area contributed by atoms with Gasteiger partial charge in [-0.2, -0.15) is 0 Å².